The number of alkyl halides is 3. The van der Waals surface area contributed by atoms with E-state index in [2.05, 4.69) is 21.2 Å². The molecule has 0 aliphatic rings. The van der Waals surface area contributed by atoms with E-state index in [4.69, 9.17) is 0 Å². The number of halogens is 4. The third-order valence-corrected chi connectivity index (χ3v) is 3.64. The molecule has 0 amide bonds. The summed E-state index contributed by atoms with van der Waals surface area (Å²) in [5, 5.41) is 2.74. The van der Waals surface area contributed by atoms with Crippen molar-refractivity contribution in [3.05, 3.63) is 28.2 Å². The first-order valence-electron chi connectivity index (χ1n) is 5.13. The van der Waals surface area contributed by atoms with Crippen LogP contribution in [0.2, 0.25) is 0 Å². The number of rotatable bonds is 4. The van der Waals surface area contributed by atoms with Crippen LogP contribution in [0.15, 0.2) is 22.7 Å². The summed E-state index contributed by atoms with van der Waals surface area (Å²) in [6, 6.07) is 3.63. The minimum Gasteiger partial charge on any atom is -0.381 e. The lowest BCUT2D eigenvalue weighted by molar-refractivity contribution is -0.137. The lowest BCUT2D eigenvalue weighted by atomic mass is 10.1. The molecule has 1 aromatic carbocycles. The van der Waals surface area contributed by atoms with E-state index in [1.54, 1.807) is 6.92 Å². The Kier molecular flexibility index (Phi) is 5.21. The van der Waals surface area contributed by atoms with Gasteiger partial charge in [0.1, 0.15) is 0 Å². The van der Waals surface area contributed by atoms with Crippen LogP contribution in [0.4, 0.5) is 18.9 Å². The van der Waals surface area contributed by atoms with Gasteiger partial charge < -0.3 is 5.32 Å². The van der Waals surface area contributed by atoms with Crippen LogP contribution < -0.4 is 5.32 Å². The average Bonchev–Trinajstić information content (AvgIpc) is 2.17. The molecule has 102 valence electrons. The van der Waals surface area contributed by atoms with E-state index in [1.807, 2.05) is 0 Å². The smallest absolute Gasteiger partial charge is 0.381 e. The predicted molar refractivity (Wildman–Crippen MR) is 71.2 cm³/mol. The summed E-state index contributed by atoms with van der Waals surface area (Å²) in [6.07, 6.45) is -2.90. The highest BCUT2D eigenvalue weighted by molar-refractivity contribution is 9.10. The van der Waals surface area contributed by atoms with Crippen molar-refractivity contribution >= 4 is 32.4 Å². The fraction of sp³-hybridized carbons (Fsp3) is 0.455. The molecule has 0 aliphatic heterocycles. The van der Waals surface area contributed by atoms with Gasteiger partial charge in [0.25, 0.3) is 0 Å². The lowest BCUT2D eigenvalue weighted by Crippen LogP contribution is -2.24. The zero-order valence-electron chi connectivity index (χ0n) is 9.84. The summed E-state index contributed by atoms with van der Waals surface area (Å²) in [4.78, 5) is 0. The highest BCUT2D eigenvalue weighted by atomic mass is 79.9. The number of hydrogen-bond donors (Lipinski definition) is 1. The van der Waals surface area contributed by atoms with Crippen molar-refractivity contribution < 1.29 is 17.4 Å². The molecule has 0 aromatic heterocycles. The largest absolute Gasteiger partial charge is 0.418 e. The molecule has 0 radical (unpaired) electrons. The molecule has 2 atom stereocenters. The van der Waals surface area contributed by atoms with Gasteiger partial charge in [-0.1, -0.05) is 15.9 Å². The van der Waals surface area contributed by atoms with E-state index in [9.17, 15) is 17.4 Å². The van der Waals surface area contributed by atoms with Crippen molar-refractivity contribution in [1.82, 2.24) is 0 Å². The highest BCUT2D eigenvalue weighted by Crippen LogP contribution is 2.36. The first-order chi connectivity index (χ1) is 8.20. The van der Waals surface area contributed by atoms with Crippen molar-refractivity contribution in [1.29, 1.82) is 0 Å². The molecule has 0 aliphatic carbocycles. The molecule has 1 N–H and O–H groups in total. The van der Waals surface area contributed by atoms with Gasteiger partial charge in [0, 0.05) is 39.0 Å². The van der Waals surface area contributed by atoms with Crippen molar-refractivity contribution in [3.63, 3.8) is 0 Å². The molecule has 0 spiro atoms. The normalized spacial score (nSPS) is 15.2. The SMILES string of the molecule is CC(CS(C)=O)Nc1ccc(Br)cc1C(F)(F)F. The molecular formula is C11H13BrF3NOS. The summed E-state index contributed by atoms with van der Waals surface area (Å²) in [5.74, 6) is 0.299. The van der Waals surface area contributed by atoms with Crippen LogP contribution in [0.5, 0.6) is 0 Å². The summed E-state index contributed by atoms with van der Waals surface area (Å²) in [7, 11) is -1.05. The van der Waals surface area contributed by atoms with Gasteiger partial charge in [0.2, 0.25) is 0 Å². The predicted octanol–water partition coefficient (Wildman–Crippen LogP) is 3.65. The molecule has 2 unspecified atom stereocenters. The fourth-order valence-corrected chi connectivity index (χ4v) is 2.68. The van der Waals surface area contributed by atoms with Gasteiger partial charge >= 0.3 is 6.18 Å². The van der Waals surface area contributed by atoms with Crippen LogP contribution >= 0.6 is 15.9 Å². The van der Waals surface area contributed by atoms with Gasteiger partial charge in [-0.3, -0.25) is 4.21 Å². The van der Waals surface area contributed by atoms with E-state index in [-0.39, 0.29) is 11.7 Å². The standard InChI is InChI=1S/C11H13BrF3NOS/c1-7(6-18(2)17)16-10-4-3-8(12)5-9(10)11(13,14)15/h3-5,7,16H,6H2,1-2H3. The van der Waals surface area contributed by atoms with Crippen LogP contribution in [0, 0.1) is 0 Å². The van der Waals surface area contributed by atoms with Crippen molar-refractivity contribution in [2.24, 2.45) is 0 Å². The molecule has 0 fully saturated rings. The van der Waals surface area contributed by atoms with Gasteiger partial charge in [-0.25, -0.2) is 0 Å². The molecular weight excluding hydrogens is 331 g/mol. The number of nitrogens with one attached hydrogen (secondary N) is 1. The second kappa shape index (κ2) is 6.06. The van der Waals surface area contributed by atoms with E-state index in [0.717, 1.165) is 6.07 Å². The van der Waals surface area contributed by atoms with E-state index < -0.39 is 22.5 Å². The Morgan fingerprint density at radius 2 is 2.06 bits per heavy atom. The van der Waals surface area contributed by atoms with E-state index in [1.165, 1.54) is 18.4 Å². The summed E-state index contributed by atoms with van der Waals surface area (Å²) < 4.78 is 49.9. The first kappa shape index (κ1) is 15.5. The van der Waals surface area contributed by atoms with Crippen LogP contribution in [-0.2, 0) is 17.0 Å². The minimum absolute atomic E-state index is 0.00338. The van der Waals surface area contributed by atoms with Gasteiger partial charge in [-0.05, 0) is 25.1 Å². The van der Waals surface area contributed by atoms with Crippen LogP contribution in [-0.4, -0.2) is 22.3 Å². The van der Waals surface area contributed by atoms with E-state index >= 15 is 0 Å². The van der Waals surface area contributed by atoms with Crippen molar-refractivity contribution in [3.8, 4) is 0 Å². The fourth-order valence-electron chi connectivity index (χ4n) is 1.54. The van der Waals surface area contributed by atoms with Gasteiger partial charge in [0.05, 0.1) is 5.56 Å². The molecule has 7 heteroatoms. The Balaban J connectivity index is 2.98. The Morgan fingerprint density at radius 3 is 2.56 bits per heavy atom. The molecule has 0 heterocycles. The third-order valence-electron chi connectivity index (χ3n) is 2.17. The second-order valence-electron chi connectivity index (χ2n) is 3.97. The number of hydrogen-bond acceptors (Lipinski definition) is 2. The molecule has 1 rings (SSSR count). The summed E-state index contributed by atoms with van der Waals surface area (Å²) in [6.45, 7) is 1.70. The summed E-state index contributed by atoms with van der Waals surface area (Å²) in [5.41, 5.74) is -0.728. The van der Waals surface area contributed by atoms with Crippen LogP contribution in [0.3, 0.4) is 0 Å². The molecule has 0 saturated heterocycles. The third kappa shape index (κ3) is 4.61. The Morgan fingerprint density at radius 1 is 1.44 bits per heavy atom. The maximum atomic E-state index is 12.8. The molecule has 2 nitrogen and oxygen atoms in total. The second-order valence-corrected chi connectivity index (χ2v) is 6.37. The minimum atomic E-state index is -4.42. The maximum Gasteiger partial charge on any atom is 0.418 e. The first-order valence-corrected chi connectivity index (χ1v) is 7.65. The quantitative estimate of drug-likeness (QED) is 0.904. The Bertz CT molecular complexity index is 450. The maximum absolute atomic E-state index is 12.8. The topological polar surface area (TPSA) is 29.1 Å². The van der Waals surface area contributed by atoms with Crippen molar-refractivity contribution in [2.75, 3.05) is 17.3 Å². The lowest BCUT2D eigenvalue weighted by Gasteiger charge is -2.19. The monoisotopic (exact) mass is 343 g/mol. The molecule has 1 aromatic rings. The van der Waals surface area contributed by atoms with Gasteiger partial charge in [-0.2, -0.15) is 13.2 Å². The zero-order valence-corrected chi connectivity index (χ0v) is 12.2. The van der Waals surface area contributed by atoms with Gasteiger partial charge in [-0.15, -0.1) is 0 Å². The zero-order chi connectivity index (χ0) is 13.9. The molecule has 18 heavy (non-hydrogen) atoms. The average molecular weight is 344 g/mol. The number of anilines is 1. The highest BCUT2D eigenvalue weighted by Gasteiger charge is 2.34. The number of benzene rings is 1. The van der Waals surface area contributed by atoms with Crippen molar-refractivity contribution in [2.45, 2.75) is 19.1 Å². The van der Waals surface area contributed by atoms with Crippen LogP contribution in [0.25, 0.3) is 0 Å². The molecule has 0 bridgehead atoms. The van der Waals surface area contributed by atoms with Gasteiger partial charge in [0.15, 0.2) is 0 Å². The Labute approximate surface area is 115 Å². The van der Waals surface area contributed by atoms with Crippen LogP contribution in [0.1, 0.15) is 12.5 Å². The summed E-state index contributed by atoms with van der Waals surface area (Å²) >= 11 is 3.02. The Hall–Kier alpha value is -0.560. The van der Waals surface area contributed by atoms with E-state index in [0.29, 0.717) is 10.2 Å². The molecule has 0 saturated carbocycles.